The average Bonchev–Trinajstić information content (AvgIpc) is 2.86. The van der Waals surface area contributed by atoms with Crippen LogP contribution in [0.3, 0.4) is 0 Å². The predicted octanol–water partition coefficient (Wildman–Crippen LogP) is 5.05. The second-order valence-electron chi connectivity index (χ2n) is 12.5. The van der Waals surface area contributed by atoms with Crippen LogP contribution in [-0.2, 0) is 16.0 Å². The van der Waals surface area contributed by atoms with Gasteiger partial charge in [-0.05, 0) is 61.9 Å². The van der Waals surface area contributed by atoms with E-state index in [2.05, 4.69) is 11.8 Å². The van der Waals surface area contributed by atoms with Gasteiger partial charge in [-0.1, -0.05) is 57.7 Å². The molecule has 1 unspecified atom stereocenters. The molecular formula is C34H34O7. The third-order valence-electron chi connectivity index (χ3n) is 9.37. The van der Waals surface area contributed by atoms with Crippen molar-refractivity contribution in [1.82, 2.24) is 0 Å². The number of aromatic hydroxyl groups is 1. The van der Waals surface area contributed by atoms with Crippen LogP contribution >= 0.6 is 0 Å². The number of hydrogen-bond acceptors (Lipinski definition) is 7. The van der Waals surface area contributed by atoms with E-state index in [1.165, 1.54) is 6.07 Å². The molecule has 4 N–H and O–H groups in total. The first-order chi connectivity index (χ1) is 19.1. The van der Waals surface area contributed by atoms with Crippen LogP contribution in [-0.4, -0.2) is 43.4 Å². The van der Waals surface area contributed by atoms with E-state index in [4.69, 9.17) is 0 Å². The van der Waals surface area contributed by atoms with Crippen molar-refractivity contribution in [2.75, 3.05) is 0 Å². The third kappa shape index (κ3) is 3.74. The fourth-order valence-corrected chi connectivity index (χ4v) is 7.70. The fourth-order valence-electron chi connectivity index (χ4n) is 7.70. The number of Topliss-reactive ketones (excluding diaryl/α,β-unsaturated/α-hetero) is 3. The lowest BCUT2D eigenvalue weighted by Gasteiger charge is -2.59. The molecule has 0 aromatic heterocycles. The number of aliphatic hydroxyl groups is 3. The maximum absolute atomic E-state index is 14.1. The first-order valence-electron chi connectivity index (χ1n) is 13.7. The smallest absolute Gasteiger partial charge is 0.209 e. The number of rotatable bonds is 2. The summed E-state index contributed by atoms with van der Waals surface area (Å²) in [6.07, 6.45) is 0.208. The van der Waals surface area contributed by atoms with Crippen molar-refractivity contribution in [3.05, 3.63) is 86.9 Å². The lowest BCUT2D eigenvalue weighted by atomic mass is 9.44. The quantitative estimate of drug-likeness (QED) is 0.302. The van der Waals surface area contributed by atoms with Crippen LogP contribution in [0.5, 0.6) is 5.75 Å². The van der Waals surface area contributed by atoms with Crippen LogP contribution in [0.4, 0.5) is 0 Å². The van der Waals surface area contributed by atoms with Gasteiger partial charge in [0, 0.05) is 33.4 Å². The van der Waals surface area contributed by atoms with E-state index in [1.54, 1.807) is 33.8 Å². The molecule has 0 amide bonds. The molecule has 4 atom stereocenters. The molecule has 7 heteroatoms. The van der Waals surface area contributed by atoms with Crippen LogP contribution in [0, 0.1) is 41.4 Å². The number of phenolic OH excluding ortho intramolecular Hbond substituents is 1. The summed E-state index contributed by atoms with van der Waals surface area (Å²) in [4.78, 5) is 40.4. The SMILES string of the molecule is CC(=O)C1=C(O)C(C(C)C)[C@@]2(C)C[C@@]3(C)Cc4c(C#Cc5ccccc5C)ccc(O)c4C(=O)C3=C(O)[C@@]2(O)C1=O. The molecule has 0 fully saturated rings. The Hall–Kier alpha value is -4.15. The van der Waals surface area contributed by atoms with Crippen molar-refractivity contribution in [2.45, 2.75) is 60.0 Å². The van der Waals surface area contributed by atoms with Crippen LogP contribution in [0.1, 0.15) is 73.7 Å². The molecule has 0 saturated heterocycles. The number of aliphatic hydroxyl groups excluding tert-OH is 2. The van der Waals surface area contributed by atoms with E-state index in [1.807, 2.05) is 31.2 Å². The first-order valence-corrected chi connectivity index (χ1v) is 13.7. The molecule has 0 bridgehead atoms. The maximum Gasteiger partial charge on any atom is 0.209 e. The standard InChI is InChI=1S/C34H34O7/c1-17(2)26-28(37)24(19(4)35)30(39)34(41)31(40)27-29(38)25-22(15-32(27,5)16-33(26,34)6)21(13-14-23(25)36)12-11-20-10-8-7-9-18(20)3/h7-10,13-14,17,26,36-37,40-41H,15-16H2,1-6H3/t26?,32-,33-,34+/m1/s1. The summed E-state index contributed by atoms with van der Waals surface area (Å²) in [7, 11) is 0. The number of fused-ring (bicyclic) bond motifs is 3. The minimum atomic E-state index is -2.63. The van der Waals surface area contributed by atoms with Crippen molar-refractivity contribution >= 4 is 17.3 Å². The molecule has 2 aromatic rings. The van der Waals surface area contributed by atoms with E-state index >= 15 is 0 Å². The maximum atomic E-state index is 14.1. The second kappa shape index (κ2) is 9.19. The number of carbonyl (C=O) groups is 3. The van der Waals surface area contributed by atoms with Gasteiger partial charge >= 0.3 is 0 Å². The Kier molecular flexibility index (Phi) is 6.36. The highest BCUT2D eigenvalue weighted by Gasteiger charge is 2.71. The Bertz CT molecular complexity index is 1680. The summed E-state index contributed by atoms with van der Waals surface area (Å²) in [5.74, 6) is 0.981. The topological polar surface area (TPSA) is 132 Å². The molecular weight excluding hydrogens is 520 g/mol. The van der Waals surface area contributed by atoms with Gasteiger partial charge in [0.2, 0.25) is 5.78 Å². The zero-order chi connectivity index (χ0) is 30.2. The summed E-state index contributed by atoms with van der Waals surface area (Å²) in [6.45, 7) is 10.1. The molecule has 5 rings (SSSR count). The van der Waals surface area contributed by atoms with Crippen molar-refractivity contribution in [3.8, 4) is 17.6 Å². The van der Waals surface area contributed by atoms with Crippen molar-refractivity contribution in [2.24, 2.45) is 22.7 Å². The monoisotopic (exact) mass is 554 g/mol. The van der Waals surface area contributed by atoms with Gasteiger partial charge in [-0.25, -0.2) is 0 Å². The van der Waals surface area contributed by atoms with Crippen LogP contribution in [0.25, 0.3) is 0 Å². The molecule has 212 valence electrons. The Morgan fingerprint density at radius 2 is 1.63 bits per heavy atom. The minimum Gasteiger partial charge on any atom is -0.511 e. The fraction of sp³-hybridized carbons (Fsp3) is 0.382. The highest BCUT2D eigenvalue weighted by atomic mass is 16.3. The highest BCUT2D eigenvalue weighted by Crippen LogP contribution is 2.65. The van der Waals surface area contributed by atoms with E-state index in [9.17, 15) is 34.8 Å². The number of ketones is 3. The largest absolute Gasteiger partial charge is 0.511 e. The molecule has 3 aliphatic carbocycles. The van der Waals surface area contributed by atoms with Gasteiger partial charge in [-0.3, -0.25) is 14.4 Å². The number of allylic oxidation sites excluding steroid dienone is 2. The lowest BCUT2D eigenvalue weighted by molar-refractivity contribution is -0.171. The van der Waals surface area contributed by atoms with Gasteiger partial charge in [-0.15, -0.1) is 0 Å². The van der Waals surface area contributed by atoms with Crippen LogP contribution < -0.4 is 0 Å². The number of phenols is 1. The molecule has 41 heavy (non-hydrogen) atoms. The van der Waals surface area contributed by atoms with Crippen molar-refractivity contribution in [3.63, 3.8) is 0 Å². The van der Waals surface area contributed by atoms with E-state index in [-0.39, 0.29) is 35.6 Å². The number of hydrogen-bond donors (Lipinski definition) is 4. The van der Waals surface area contributed by atoms with E-state index < -0.39 is 56.8 Å². The van der Waals surface area contributed by atoms with E-state index in [0.717, 1.165) is 18.1 Å². The molecule has 0 aliphatic heterocycles. The molecule has 0 spiro atoms. The summed E-state index contributed by atoms with van der Waals surface area (Å²) in [6, 6.07) is 10.7. The summed E-state index contributed by atoms with van der Waals surface area (Å²) in [5, 5.41) is 45.9. The van der Waals surface area contributed by atoms with Crippen LogP contribution in [0.15, 0.2) is 59.1 Å². The molecule has 2 aromatic carbocycles. The van der Waals surface area contributed by atoms with Gasteiger partial charge in [-0.2, -0.15) is 0 Å². The summed E-state index contributed by atoms with van der Waals surface area (Å²) in [5.41, 5.74) is -3.11. The van der Waals surface area contributed by atoms with Gasteiger partial charge < -0.3 is 20.4 Å². The molecule has 0 radical (unpaired) electrons. The lowest BCUT2D eigenvalue weighted by Crippen LogP contribution is -2.67. The van der Waals surface area contributed by atoms with Crippen molar-refractivity contribution < 1.29 is 34.8 Å². The molecule has 0 saturated carbocycles. The number of carbonyl (C=O) groups excluding carboxylic acids is 3. The third-order valence-corrected chi connectivity index (χ3v) is 9.37. The molecule has 3 aliphatic rings. The normalized spacial score (nSPS) is 29.0. The molecule has 7 nitrogen and oxygen atoms in total. The number of benzene rings is 2. The van der Waals surface area contributed by atoms with E-state index in [0.29, 0.717) is 11.1 Å². The minimum absolute atomic E-state index is 0.0330. The van der Waals surface area contributed by atoms with Gasteiger partial charge in [0.15, 0.2) is 17.2 Å². The van der Waals surface area contributed by atoms with Crippen LogP contribution in [0.2, 0.25) is 0 Å². The average molecular weight is 555 g/mol. The number of aryl methyl sites for hydroxylation is 1. The Morgan fingerprint density at radius 3 is 2.24 bits per heavy atom. The van der Waals surface area contributed by atoms with Gasteiger partial charge in [0.25, 0.3) is 0 Å². The predicted molar refractivity (Wildman–Crippen MR) is 152 cm³/mol. The van der Waals surface area contributed by atoms with Gasteiger partial charge in [0.05, 0.1) is 5.56 Å². The van der Waals surface area contributed by atoms with Crippen molar-refractivity contribution in [1.29, 1.82) is 0 Å². The summed E-state index contributed by atoms with van der Waals surface area (Å²) < 4.78 is 0. The Balaban J connectivity index is 1.76. The molecule has 0 heterocycles. The second-order valence-corrected chi connectivity index (χ2v) is 12.5. The Labute approximate surface area is 239 Å². The zero-order valence-electron chi connectivity index (χ0n) is 24.0. The Morgan fingerprint density at radius 1 is 1.00 bits per heavy atom. The zero-order valence-corrected chi connectivity index (χ0v) is 24.0. The van der Waals surface area contributed by atoms with Gasteiger partial charge in [0.1, 0.15) is 22.8 Å². The summed E-state index contributed by atoms with van der Waals surface area (Å²) >= 11 is 0. The first kappa shape index (κ1) is 28.4. The highest BCUT2D eigenvalue weighted by molar-refractivity contribution is 6.25.